The fraction of sp³-hybridized carbons (Fsp3) is 0.750. The average molecular weight is 276 g/mol. The van der Waals surface area contributed by atoms with E-state index in [1.807, 2.05) is 6.07 Å². The molecule has 1 aliphatic carbocycles. The first kappa shape index (κ1) is 15.1. The summed E-state index contributed by atoms with van der Waals surface area (Å²) in [5.74, 6) is 3.06. The van der Waals surface area contributed by atoms with Gasteiger partial charge in [-0.25, -0.2) is 9.97 Å². The van der Waals surface area contributed by atoms with E-state index < -0.39 is 0 Å². The zero-order valence-electron chi connectivity index (χ0n) is 13.8. The van der Waals surface area contributed by atoms with Gasteiger partial charge in [0, 0.05) is 24.6 Å². The molecular weight excluding hydrogens is 248 g/mol. The Morgan fingerprint density at radius 2 is 1.65 bits per heavy atom. The third-order valence-electron chi connectivity index (χ3n) is 4.93. The van der Waals surface area contributed by atoms with Crippen molar-refractivity contribution in [3.8, 4) is 0 Å². The molecule has 0 radical (unpaired) electrons. The molecule has 4 nitrogen and oxygen atoms in total. The van der Waals surface area contributed by atoms with Gasteiger partial charge in [0.15, 0.2) is 0 Å². The van der Waals surface area contributed by atoms with Crippen molar-refractivity contribution in [3.63, 3.8) is 0 Å². The molecule has 1 fully saturated rings. The summed E-state index contributed by atoms with van der Waals surface area (Å²) in [5, 5.41) is 6.89. The molecule has 1 aliphatic rings. The van der Waals surface area contributed by atoms with Gasteiger partial charge in [-0.1, -0.05) is 41.5 Å². The van der Waals surface area contributed by atoms with Gasteiger partial charge in [0.2, 0.25) is 0 Å². The molecule has 1 aromatic heterocycles. The van der Waals surface area contributed by atoms with Crippen LogP contribution in [0, 0.1) is 10.8 Å². The fourth-order valence-corrected chi connectivity index (χ4v) is 2.77. The summed E-state index contributed by atoms with van der Waals surface area (Å²) in [4.78, 5) is 9.23. The Morgan fingerprint density at radius 3 is 2.10 bits per heavy atom. The number of anilines is 2. The Balaban J connectivity index is 2.24. The minimum absolute atomic E-state index is 0.300. The second-order valence-electron chi connectivity index (χ2n) is 7.20. The lowest BCUT2D eigenvalue weighted by Gasteiger charge is -2.13. The second kappa shape index (κ2) is 4.90. The van der Waals surface area contributed by atoms with Crippen LogP contribution in [0.5, 0.6) is 0 Å². The van der Waals surface area contributed by atoms with Gasteiger partial charge in [-0.15, -0.1) is 0 Å². The molecule has 112 valence electrons. The van der Waals surface area contributed by atoms with Gasteiger partial charge < -0.3 is 10.6 Å². The van der Waals surface area contributed by atoms with Crippen molar-refractivity contribution in [2.45, 2.75) is 60.4 Å². The van der Waals surface area contributed by atoms with Gasteiger partial charge in [-0.2, -0.15) is 0 Å². The monoisotopic (exact) mass is 276 g/mol. The molecule has 0 bridgehead atoms. The molecule has 0 aliphatic heterocycles. The van der Waals surface area contributed by atoms with Crippen molar-refractivity contribution in [1.82, 2.24) is 9.97 Å². The van der Waals surface area contributed by atoms with Gasteiger partial charge in [0.25, 0.3) is 0 Å². The van der Waals surface area contributed by atoms with E-state index in [1.54, 1.807) is 0 Å². The van der Waals surface area contributed by atoms with Crippen LogP contribution in [0.2, 0.25) is 0 Å². The van der Waals surface area contributed by atoms with E-state index in [0.29, 0.717) is 22.8 Å². The largest absolute Gasteiger partial charge is 0.370 e. The van der Waals surface area contributed by atoms with Crippen LogP contribution < -0.4 is 10.6 Å². The summed E-state index contributed by atoms with van der Waals surface area (Å²) in [6.45, 7) is 16.4. The van der Waals surface area contributed by atoms with Crippen LogP contribution >= 0.6 is 0 Å². The molecule has 0 saturated heterocycles. The minimum atomic E-state index is 0.300. The van der Waals surface area contributed by atoms with Crippen LogP contribution in [0.3, 0.4) is 0 Å². The molecule has 0 unspecified atom stereocenters. The lowest BCUT2D eigenvalue weighted by atomic mass is 10.0. The Morgan fingerprint density at radius 1 is 1.10 bits per heavy atom. The highest BCUT2D eigenvalue weighted by atomic mass is 15.1. The quantitative estimate of drug-likeness (QED) is 0.857. The Kier molecular flexibility index (Phi) is 3.69. The predicted octanol–water partition coefficient (Wildman–Crippen LogP) is 3.88. The SMILES string of the molecule is CCNc1cc(NC2C(C)(C)C2(C)C)nc(C(C)C)n1. The van der Waals surface area contributed by atoms with Gasteiger partial charge in [0.05, 0.1) is 0 Å². The van der Waals surface area contributed by atoms with Gasteiger partial charge in [-0.3, -0.25) is 0 Å². The highest BCUT2D eigenvalue weighted by molar-refractivity contribution is 5.50. The molecule has 0 spiro atoms. The first-order valence-electron chi connectivity index (χ1n) is 7.59. The van der Waals surface area contributed by atoms with Crippen molar-refractivity contribution in [1.29, 1.82) is 0 Å². The Hall–Kier alpha value is -1.32. The predicted molar refractivity (Wildman–Crippen MR) is 85.3 cm³/mol. The number of hydrogen-bond acceptors (Lipinski definition) is 4. The van der Waals surface area contributed by atoms with E-state index in [4.69, 9.17) is 0 Å². The molecule has 0 amide bonds. The number of hydrogen-bond donors (Lipinski definition) is 2. The number of nitrogens with one attached hydrogen (secondary N) is 2. The summed E-state index contributed by atoms with van der Waals surface area (Å²) in [6.07, 6.45) is 0. The van der Waals surface area contributed by atoms with Crippen LogP contribution in [0.1, 0.15) is 60.2 Å². The highest BCUT2D eigenvalue weighted by Crippen LogP contribution is 2.63. The lowest BCUT2D eigenvalue weighted by Crippen LogP contribution is -2.14. The lowest BCUT2D eigenvalue weighted by molar-refractivity contribution is 0.457. The molecule has 1 saturated carbocycles. The molecule has 20 heavy (non-hydrogen) atoms. The maximum absolute atomic E-state index is 4.66. The minimum Gasteiger partial charge on any atom is -0.370 e. The zero-order chi connectivity index (χ0) is 15.1. The average Bonchev–Trinajstić information content (AvgIpc) is 2.72. The molecule has 2 N–H and O–H groups in total. The van der Waals surface area contributed by atoms with Gasteiger partial charge in [-0.05, 0) is 17.8 Å². The van der Waals surface area contributed by atoms with Crippen molar-refractivity contribution in [3.05, 3.63) is 11.9 Å². The number of rotatable bonds is 5. The molecule has 1 aromatic rings. The first-order valence-corrected chi connectivity index (χ1v) is 7.59. The zero-order valence-corrected chi connectivity index (χ0v) is 13.8. The summed E-state index contributed by atoms with van der Waals surface area (Å²) in [5.41, 5.74) is 0.600. The van der Waals surface area contributed by atoms with Crippen molar-refractivity contribution < 1.29 is 0 Å². The van der Waals surface area contributed by atoms with Crippen LogP contribution in [0.25, 0.3) is 0 Å². The third kappa shape index (κ3) is 2.48. The highest BCUT2D eigenvalue weighted by Gasteiger charge is 2.65. The fourth-order valence-electron chi connectivity index (χ4n) is 2.77. The van der Waals surface area contributed by atoms with Crippen LogP contribution in [-0.4, -0.2) is 22.6 Å². The van der Waals surface area contributed by atoms with Crippen LogP contribution in [0.4, 0.5) is 11.6 Å². The van der Waals surface area contributed by atoms with Gasteiger partial charge in [0.1, 0.15) is 17.5 Å². The van der Waals surface area contributed by atoms with E-state index in [0.717, 1.165) is 24.0 Å². The summed E-state index contributed by atoms with van der Waals surface area (Å²) in [7, 11) is 0. The summed E-state index contributed by atoms with van der Waals surface area (Å²) >= 11 is 0. The number of aromatic nitrogens is 2. The van der Waals surface area contributed by atoms with E-state index in [9.17, 15) is 0 Å². The molecule has 1 heterocycles. The first-order chi connectivity index (χ1) is 9.20. The number of nitrogens with zero attached hydrogens (tertiary/aromatic N) is 2. The van der Waals surface area contributed by atoms with Crippen molar-refractivity contribution in [2.24, 2.45) is 10.8 Å². The van der Waals surface area contributed by atoms with E-state index in [2.05, 4.69) is 69.1 Å². The topological polar surface area (TPSA) is 49.8 Å². The summed E-state index contributed by atoms with van der Waals surface area (Å²) in [6, 6.07) is 2.47. The molecule has 0 aromatic carbocycles. The smallest absolute Gasteiger partial charge is 0.135 e. The molecule has 2 rings (SSSR count). The van der Waals surface area contributed by atoms with Crippen LogP contribution in [0.15, 0.2) is 6.07 Å². The Bertz CT molecular complexity index is 477. The normalized spacial score (nSPS) is 20.0. The maximum atomic E-state index is 4.66. The third-order valence-corrected chi connectivity index (χ3v) is 4.93. The van der Waals surface area contributed by atoms with Crippen LogP contribution in [-0.2, 0) is 0 Å². The Labute approximate surface area is 122 Å². The van der Waals surface area contributed by atoms with E-state index in [1.165, 1.54) is 0 Å². The molecular formula is C16H28N4. The second-order valence-corrected chi connectivity index (χ2v) is 7.20. The standard InChI is InChI=1S/C16H28N4/c1-8-17-11-9-12(19-13(18-11)10(2)3)20-14-15(4,5)16(14,6)7/h9-10,14H,8H2,1-7H3,(H2,17,18,19,20). The van der Waals surface area contributed by atoms with Crippen molar-refractivity contribution >= 4 is 11.6 Å². The maximum Gasteiger partial charge on any atom is 0.135 e. The summed E-state index contributed by atoms with van der Waals surface area (Å²) < 4.78 is 0. The molecule has 0 atom stereocenters. The van der Waals surface area contributed by atoms with E-state index >= 15 is 0 Å². The van der Waals surface area contributed by atoms with E-state index in [-0.39, 0.29) is 0 Å². The molecule has 4 heteroatoms. The van der Waals surface area contributed by atoms with Gasteiger partial charge >= 0.3 is 0 Å². The van der Waals surface area contributed by atoms with Crippen molar-refractivity contribution in [2.75, 3.05) is 17.2 Å².